The Morgan fingerprint density at radius 2 is 0.892 bits per heavy atom. The van der Waals surface area contributed by atoms with Gasteiger partial charge < -0.3 is 20.1 Å². The molecule has 0 aromatic rings. The average Bonchev–Trinajstić information content (AvgIpc) is 3.29. The molecule has 2 unspecified atom stereocenters. The Labute approximate surface area is 396 Å². The molecule has 65 heavy (non-hydrogen) atoms. The maximum atomic E-state index is 12.1. The van der Waals surface area contributed by atoms with E-state index in [0.29, 0.717) is 12.8 Å². The van der Waals surface area contributed by atoms with E-state index in [2.05, 4.69) is 135 Å². The summed E-state index contributed by atoms with van der Waals surface area (Å²) in [5.41, 5.74) is 0. The molecular formula is C55H90NO8P. The number of hydrogen-bond acceptors (Lipinski definition) is 7. The van der Waals surface area contributed by atoms with E-state index in [1.165, 1.54) is 57.8 Å². The van der Waals surface area contributed by atoms with Crippen LogP contribution >= 0.6 is 7.82 Å². The Morgan fingerprint density at radius 3 is 1.35 bits per heavy atom. The van der Waals surface area contributed by atoms with Crippen LogP contribution in [0.5, 0.6) is 0 Å². The fourth-order valence-electron chi connectivity index (χ4n) is 6.14. The Hall–Kier alpha value is -3.59. The second-order valence-corrected chi connectivity index (χ2v) is 17.5. The second-order valence-electron chi connectivity index (χ2n) is 16.0. The van der Waals surface area contributed by atoms with Gasteiger partial charge in [-0.3, -0.25) is 18.6 Å². The molecule has 0 aliphatic heterocycles. The smallest absolute Gasteiger partial charge is 0.463 e. The van der Waals surface area contributed by atoms with E-state index in [1.807, 2.05) is 6.08 Å². The normalized spacial score (nSPS) is 14.2. The number of esters is 1. The van der Waals surface area contributed by atoms with Gasteiger partial charge in [0.15, 0.2) is 0 Å². The number of phosphoric acid groups is 1. The summed E-state index contributed by atoms with van der Waals surface area (Å²) in [5, 5.41) is 12.7. The maximum absolute atomic E-state index is 12.1. The van der Waals surface area contributed by atoms with Crippen molar-refractivity contribution in [3.05, 3.63) is 122 Å². The zero-order chi connectivity index (χ0) is 47.4. The van der Waals surface area contributed by atoms with Crippen LogP contribution in [0.25, 0.3) is 0 Å². The van der Waals surface area contributed by atoms with Crippen molar-refractivity contribution in [2.45, 2.75) is 187 Å². The number of phosphoric ester groups is 1. The molecule has 0 saturated carbocycles. The van der Waals surface area contributed by atoms with Crippen molar-refractivity contribution in [1.82, 2.24) is 5.32 Å². The number of unbranched alkanes of at least 4 members (excludes halogenated alkanes) is 12. The zero-order valence-electron chi connectivity index (χ0n) is 40.6. The predicted octanol–water partition coefficient (Wildman–Crippen LogP) is 14.9. The SMILES string of the molecule is CC/C=C\C/C=C\C/C=C\C/C=C\C/C=C\C/C=C\C/C=C\CCCC(=O)OCC(O)COP(=O)(O)OCCNC(=O)CCCCCCCCCC/C=C\C/C=C\C/C=C\CCCCC. The molecule has 10 heteroatoms. The largest absolute Gasteiger partial charge is 0.472 e. The molecule has 0 aliphatic carbocycles. The minimum Gasteiger partial charge on any atom is -0.463 e. The number of carbonyl (C=O) groups excluding carboxylic acids is 2. The summed E-state index contributed by atoms with van der Waals surface area (Å²) in [7, 11) is -4.45. The van der Waals surface area contributed by atoms with Crippen LogP contribution in [-0.4, -0.2) is 54.3 Å². The fraction of sp³-hybridized carbons (Fsp3) is 0.600. The lowest BCUT2D eigenvalue weighted by Crippen LogP contribution is -2.27. The van der Waals surface area contributed by atoms with Crippen molar-refractivity contribution >= 4 is 19.7 Å². The van der Waals surface area contributed by atoms with Crippen molar-refractivity contribution in [3.8, 4) is 0 Å². The number of amides is 1. The highest BCUT2D eigenvalue weighted by atomic mass is 31.2. The fourth-order valence-corrected chi connectivity index (χ4v) is 6.90. The van der Waals surface area contributed by atoms with E-state index >= 15 is 0 Å². The van der Waals surface area contributed by atoms with Crippen LogP contribution < -0.4 is 5.32 Å². The van der Waals surface area contributed by atoms with Crippen molar-refractivity contribution in [3.63, 3.8) is 0 Å². The Kier molecular flexibility index (Phi) is 47.1. The number of rotatable bonds is 45. The molecule has 2 atom stereocenters. The van der Waals surface area contributed by atoms with Crippen LogP contribution in [-0.2, 0) is 27.9 Å². The van der Waals surface area contributed by atoms with Gasteiger partial charge in [0.05, 0.1) is 13.2 Å². The molecule has 1 amide bonds. The van der Waals surface area contributed by atoms with E-state index in [1.54, 1.807) is 0 Å². The van der Waals surface area contributed by atoms with Gasteiger partial charge in [0.2, 0.25) is 5.91 Å². The summed E-state index contributed by atoms with van der Waals surface area (Å²) in [6.07, 6.45) is 68.5. The predicted molar refractivity (Wildman–Crippen MR) is 274 cm³/mol. The van der Waals surface area contributed by atoms with Crippen LogP contribution in [0.15, 0.2) is 122 Å². The monoisotopic (exact) mass is 924 g/mol. The minimum absolute atomic E-state index is 0.0628. The van der Waals surface area contributed by atoms with Gasteiger partial charge in [0.25, 0.3) is 0 Å². The van der Waals surface area contributed by atoms with E-state index in [4.69, 9.17) is 13.8 Å². The van der Waals surface area contributed by atoms with Gasteiger partial charge in [-0.2, -0.15) is 0 Å². The molecule has 0 rings (SSSR count). The quantitative estimate of drug-likeness (QED) is 0.0238. The first-order valence-corrected chi connectivity index (χ1v) is 26.5. The first kappa shape index (κ1) is 61.4. The van der Waals surface area contributed by atoms with Crippen LogP contribution in [0.2, 0.25) is 0 Å². The van der Waals surface area contributed by atoms with Crippen molar-refractivity contribution < 1.29 is 37.9 Å². The molecular weight excluding hydrogens is 834 g/mol. The summed E-state index contributed by atoms with van der Waals surface area (Å²) < 4.78 is 26.9. The van der Waals surface area contributed by atoms with E-state index in [-0.39, 0.29) is 32.1 Å². The van der Waals surface area contributed by atoms with E-state index in [0.717, 1.165) is 89.9 Å². The number of carbonyl (C=O) groups is 2. The Morgan fingerprint density at radius 1 is 0.492 bits per heavy atom. The maximum Gasteiger partial charge on any atom is 0.472 e. The molecule has 368 valence electrons. The molecule has 3 N–H and O–H groups in total. The molecule has 0 heterocycles. The van der Waals surface area contributed by atoms with Crippen LogP contribution in [0.4, 0.5) is 0 Å². The van der Waals surface area contributed by atoms with Crippen molar-refractivity contribution in [2.24, 2.45) is 0 Å². The molecule has 9 nitrogen and oxygen atoms in total. The topological polar surface area (TPSA) is 131 Å². The molecule has 0 aliphatic rings. The summed E-state index contributed by atoms with van der Waals surface area (Å²) in [6.45, 7) is 3.32. The molecule has 0 bridgehead atoms. The second kappa shape index (κ2) is 49.8. The standard InChI is InChI=1S/C55H90NO8P/c1-3-5-7-9-11-13-15-17-19-21-23-25-26-28-30-32-34-36-38-40-42-44-46-48-55(59)62-51-53(57)52-64-65(60,61)63-50-49-56-54(58)47-45-43-41-39-37-35-33-31-29-27-24-22-20-18-16-14-12-10-8-6-4-2/h5,7,11-14,17-20,23-25,27-28,30,34,36,40,42,53,57H,3-4,6,8-10,15-16,21-22,26,29,31-33,35,37-39,41,43-52H2,1-2H3,(H,56,58)(H,60,61)/b7-5-,13-11-,14-12-,19-17-,20-18-,25-23-,27-24-,30-28-,36-34-,42-40-. The highest BCUT2D eigenvalue weighted by molar-refractivity contribution is 7.47. The summed E-state index contributed by atoms with van der Waals surface area (Å²) in [5.74, 6) is -0.593. The number of nitrogens with one attached hydrogen (secondary N) is 1. The number of hydrogen-bond donors (Lipinski definition) is 3. The lowest BCUT2D eigenvalue weighted by atomic mass is 10.1. The third-order valence-electron chi connectivity index (χ3n) is 9.88. The minimum atomic E-state index is -4.45. The zero-order valence-corrected chi connectivity index (χ0v) is 41.5. The van der Waals surface area contributed by atoms with Crippen LogP contribution in [0.3, 0.4) is 0 Å². The highest BCUT2D eigenvalue weighted by Crippen LogP contribution is 2.42. The highest BCUT2D eigenvalue weighted by Gasteiger charge is 2.23. The van der Waals surface area contributed by atoms with E-state index in [9.17, 15) is 24.2 Å². The Balaban J connectivity index is 3.71. The Bertz CT molecular complexity index is 1470. The number of aliphatic hydroxyl groups is 1. The van der Waals surface area contributed by atoms with Gasteiger partial charge in [-0.15, -0.1) is 0 Å². The van der Waals surface area contributed by atoms with Gasteiger partial charge in [-0.05, 0) is 103 Å². The molecule has 0 aromatic carbocycles. The number of aliphatic hydroxyl groups excluding tert-OH is 1. The van der Waals surface area contributed by atoms with Gasteiger partial charge in [-0.1, -0.05) is 187 Å². The lowest BCUT2D eigenvalue weighted by Gasteiger charge is -2.15. The molecule has 0 aromatic heterocycles. The van der Waals surface area contributed by atoms with Gasteiger partial charge in [-0.25, -0.2) is 4.57 Å². The number of allylic oxidation sites excluding steroid dienone is 20. The van der Waals surface area contributed by atoms with Crippen molar-refractivity contribution in [1.29, 1.82) is 0 Å². The third kappa shape index (κ3) is 51.3. The van der Waals surface area contributed by atoms with Gasteiger partial charge in [0, 0.05) is 19.4 Å². The van der Waals surface area contributed by atoms with Gasteiger partial charge >= 0.3 is 13.8 Å². The lowest BCUT2D eigenvalue weighted by molar-refractivity contribution is -0.147. The first-order chi connectivity index (χ1) is 31.8. The van der Waals surface area contributed by atoms with Gasteiger partial charge in [0.1, 0.15) is 12.7 Å². The molecule has 0 radical (unpaired) electrons. The number of ether oxygens (including phenoxy) is 1. The average molecular weight is 924 g/mol. The van der Waals surface area contributed by atoms with E-state index < -0.39 is 26.5 Å². The summed E-state index contributed by atoms with van der Waals surface area (Å²) >= 11 is 0. The van der Waals surface area contributed by atoms with Crippen LogP contribution in [0.1, 0.15) is 181 Å². The van der Waals surface area contributed by atoms with Crippen LogP contribution in [0, 0.1) is 0 Å². The molecule has 0 fully saturated rings. The summed E-state index contributed by atoms with van der Waals surface area (Å²) in [6, 6.07) is 0. The third-order valence-corrected chi connectivity index (χ3v) is 10.9. The van der Waals surface area contributed by atoms with Crippen molar-refractivity contribution in [2.75, 3.05) is 26.4 Å². The first-order valence-electron chi connectivity index (χ1n) is 25.0. The summed E-state index contributed by atoms with van der Waals surface area (Å²) in [4.78, 5) is 34.0. The molecule has 0 saturated heterocycles. The molecule has 0 spiro atoms.